The number of aliphatic hydroxyl groups is 1. The molecule has 0 bridgehead atoms. The van der Waals surface area contributed by atoms with Crippen LogP contribution in [0.25, 0.3) is 0 Å². The maximum absolute atomic E-state index is 9.00. The van der Waals surface area contributed by atoms with Crippen LogP contribution in [0, 0.1) is 0 Å². The highest BCUT2D eigenvalue weighted by atomic mass is 16.4. The molecule has 0 aliphatic heterocycles. The number of benzene rings is 1. The van der Waals surface area contributed by atoms with E-state index >= 15 is 0 Å². The minimum absolute atomic E-state index is 0.140. The van der Waals surface area contributed by atoms with Crippen LogP contribution in [-0.4, -0.2) is 16.2 Å². The molecule has 0 aliphatic carbocycles. The smallest absolute Gasteiger partial charge is 0.300 e. The van der Waals surface area contributed by atoms with Gasteiger partial charge in [0.05, 0.1) is 6.61 Å². The van der Waals surface area contributed by atoms with Gasteiger partial charge in [-0.25, -0.2) is 0 Å². The first kappa shape index (κ1) is 16.1. The fourth-order valence-corrected chi connectivity index (χ4v) is 0.583. The topological polar surface area (TPSA) is 57.5 Å². The van der Waals surface area contributed by atoms with Gasteiger partial charge in [-0.15, -0.1) is 0 Å². The van der Waals surface area contributed by atoms with E-state index in [4.69, 9.17) is 15.0 Å². The Morgan fingerprint density at radius 3 is 1.73 bits per heavy atom. The zero-order chi connectivity index (χ0) is 12.1. The number of aliphatic hydroxyl groups excluding tert-OH is 1. The van der Waals surface area contributed by atoms with Crippen LogP contribution in [-0.2, 0) is 11.4 Å². The van der Waals surface area contributed by atoms with Crippen LogP contribution in [0.4, 0.5) is 0 Å². The van der Waals surface area contributed by atoms with Crippen LogP contribution < -0.4 is 0 Å². The second kappa shape index (κ2) is 12.7. The van der Waals surface area contributed by atoms with E-state index in [1.807, 2.05) is 30.3 Å². The lowest BCUT2D eigenvalue weighted by molar-refractivity contribution is -0.134. The molecule has 1 rings (SSSR count). The predicted molar refractivity (Wildman–Crippen MR) is 61.6 cm³/mol. The summed E-state index contributed by atoms with van der Waals surface area (Å²) in [4.78, 5) is 9.00. The zero-order valence-corrected chi connectivity index (χ0v) is 9.60. The van der Waals surface area contributed by atoms with Gasteiger partial charge in [-0.05, 0) is 5.56 Å². The van der Waals surface area contributed by atoms with Gasteiger partial charge in [0.15, 0.2) is 0 Å². The number of hydrogen-bond acceptors (Lipinski definition) is 2. The molecule has 0 amide bonds. The maximum Gasteiger partial charge on any atom is 0.300 e. The van der Waals surface area contributed by atoms with Crippen LogP contribution in [0.1, 0.15) is 32.8 Å². The van der Waals surface area contributed by atoms with E-state index in [1.165, 1.54) is 6.42 Å². The number of carboxylic acids is 1. The molecule has 2 N–H and O–H groups in total. The lowest BCUT2D eigenvalue weighted by Gasteiger charge is -1.89. The number of aliphatic carboxylic acids is 1. The summed E-state index contributed by atoms with van der Waals surface area (Å²) in [6.07, 6.45) is 1.25. The Bertz CT molecular complexity index is 228. The molecule has 0 saturated carbocycles. The first-order chi connectivity index (χ1) is 7.08. The summed E-state index contributed by atoms with van der Waals surface area (Å²) in [5, 5.41) is 16.0. The molecule has 0 aliphatic rings. The molecule has 15 heavy (non-hydrogen) atoms. The molecule has 0 spiro atoms. The minimum atomic E-state index is -0.833. The van der Waals surface area contributed by atoms with E-state index in [0.717, 1.165) is 12.5 Å². The Hall–Kier alpha value is -1.35. The van der Waals surface area contributed by atoms with Gasteiger partial charge in [0.1, 0.15) is 0 Å². The second-order valence-corrected chi connectivity index (χ2v) is 2.87. The Morgan fingerprint density at radius 1 is 1.20 bits per heavy atom. The molecule has 1 aromatic carbocycles. The molecular weight excluding hydrogens is 192 g/mol. The Labute approximate surface area is 91.4 Å². The second-order valence-electron chi connectivity index (χ2n) is 2.87. The molecule has 0 fully saturated rings. The van der Waals surface area contributed by atoms with E-state index in [0.29, 0.717) is 0 Å². The third kappa shape index (κ3) is 19.2. The number of hydrogen-bond donors (Lipinski definition) is 2. The van der Waals surface area contributed by atoms with Crippen LogP contribution in [0.15, 0.2) is 30.3 Å². The van der Waals surface area contributed by atoms with E-state index in [-0.39, 0.29) is 6.61 Å². The zero-order valence-electron chi connectivity index (χ0n) is 9.60. The summed E-state index contributed by atoms with van der Waals surface area (Å²) in [5.74, 6) is -0.833. The average Bonchev–Trinajstić information content (AvgIpc) is 2.19. The highest BCUT2D eigenvalue weighted by Crippen LogP contribution is 1.95. The first-order valence-corrected chi connectivity index (χ1v) is 4.92. The fraction of sp³-hybridized carbons (Fsp3) is 0.417. The van der Waals surface area contributed by atoms with Crippen molar-refractivity contribution in [3.63, 3.8) is 0 Å². The highest BCUT2D eigenvalue weighted by molar-refractivity contribution is 5.62. The van der Waals surface area contributed by atoms with Crippen LogP contribution in [0.3, 0.4) is 0 Å². The van der Waals surface area contributed by atoms with Crippen molar-refractivity contribution in [2.75, 3.05) is 0 Å². The molecule has 0 unspecified atom stereocenters. The van der Waals surface area contributed by atoms with Crippen LogP contribution >= 0.6 is 0 Å². The van der Waals surface area contributed by atoms with Crippen molar-refractivity contribution < 1.29 is 15.0 Å². The third-order valence-electron chi connectivity index (χ3n) is 1.03. The molecule has 0 saturated heterocycles. The van der Waals surface area contributed by atoms with Crippen molar-refractivity contribution in [3.05, 3.63) is 35.9 Å². The van der Waals surface area contributed by atoms with E-state index in [9.17, 15) is 0 Å². The molecule has 0 radical (unpaired) electrons. The Kier molecular flexibility index (Phi) is 13.6. The summed E-state index contributed by atoms with van der Waals surface area (Å²) < 4.78 is 0. The van der Waals surface area contributed by atoms with Gasteiger partial charge in [-0.3, -0.25) is 4.79 Å². The summed E-state index contributed by atoms with van der Waals surface area (Å²) in [6.45, 7) is 5.47. The van der Waals surface area contributed by atoms with Crippen LogP contribution in [0.5, 0.6) is 0 Å². The van der Waals surface area contributed by atoms with Crippen molar-refractivity contribution in [1.82, 2.24) is 0 Å². The van der Waals surface area contributed by atoms with Crippen molar-refractivity contribution in [1.29, 1.82) is 0 Å². The minimum Gasteiger partial charge on any atom is -0.481 e. The quantitative estimate of drug-likeness (QED) is 0.752. The molecule has 86 valence electrons. The summed E-state index contributed by atoms with van der Waals surface area (Å²) in [5.41, 5.74) is 0.965. The third-order valence-corrected chi connectivity index (χ3v) is 1.03. The van der Waals surface area contributed by atoms with E-state index in [1.54, 1.807) is 0 Å². The van der Waals surface area contributed by atoms with E-state index < -0.39 is 5.97 Å². The van der Waals surface area contributed by atoms with Gasteiger partial charge in [-0.2, -0.15) is 0 Å². The monoisotopic (exact) mass is 212 g/mol. The largest absolute Gasteiger partial charge is 0.481 e. The van der Waals surface area contributed by atoms with Gasteiger partial charge in [0.2, 0.25) is 0 Å². The Balaban J connectivity index is 0. The van der Waals surface area contributed by atoms with Gasteiger partial charge in [-0.1, -0.05) is 50.6 Å². The molecule has 0 atom stereocenters. The summed E-state index contributed by atoms with van der Waals surface area (Å²) in [6, 6.07) is 9.52. The van der Waals surface area contributed by atoms with Crippen molar-refractivity contribution in [2.24, 2.45) is 0 Å². The SMILES string of the molecule is CC(=O)O.CCC.OCc1ccccc1. The standard InChI is InChI=1S/C7H8O.C3H8.C2H4O2/c8-6-7-4-2-1-3-5-7;1-3-2;1-2(3)4/h1-5,8H,6H2;3H2,1-2H3;1H3,(H,3,4). The predicted octanol–water partition coefficient (Wildman–Crippen LogP) is 2.69. The van der Waals surface area contributed by atoms with Gasteiger partial charge in [0.25, 0.3) is 5.97 Å². The van der Waals surface area contributed by atoms with E-state index in [2.05, 4.69) is 13.8 Å². The van der Waals surface area contributed by atoms with Gasteiger partial charge < -0.3 is 10.2 Å². The lowest BCUT2D eigenvalue weighted by Crippen LogP contribution is -1.78. The van der Waals surface area contributed by atoms with Gasteiger partial charge in [0, 0.05) is 6.92 Å². The van der Waals surface area contributed by atoms with Crippen LogP contribution in [0.2, 0.25) is 0 Å². The molecule has 0 heterocycles. The van der Waals surface area contributed by atoms with Crippen molar-refractivity contribution in [3.8, 4) is 0 Å². The highest BCUT2D eigenvalue weighted by Gasteiger charge is 1.81. The average molecular weight is 212 g/mol. The Morgan fingerprint density at radius 2 is 1.53 bits per heavy atom. The number of rotatable bonds is 1. The fourth-order valence-electron chi connectivity index (χ4n) is 0.583. The lowest BCUT2D eigenvalue weighted by atomic mass is 10.2. The summed E-state index contributed by atoms with van der Waals surface area (Å²) >= 11 is 0. The van der Waals surface area contributed by atoms with Crippen molar-refractivity contribution in [2.45, 2.75) is 33.8 Å². The molecule has 3 heteroatoms. The van der Waals surface area contributed by atoms with Crippen molar-refractivity contribution >= 4 is 5.97 Å². The maximum atomic E-state index is 9.00. The number of carboxylic acid groups (broad SMARTS) is 1. The molecule has 0 aromatic heterocycles. The van der Waals surface area contributed by atoms with Gasteiger partial charge >= 0.3 is 0 Å². The molecular formula is C12H20O3. The molecule has 3 nitrogen and oxygen atoms in total. The summed E-state index contributed by atoms with van der Waals surface area (Å²) in [7, 11) is 0. The normalized spacial score (nSPS) is 7.73. The number of carbonyl (C=O) groups is 1. The molecule has 1 aromatic rings. The first-order valence-electron chi connectivity index (χ1n) is 4.92.